The summed E-state index contributed by atoms with van der Waals surface area (Å²) in [5.41, 5.74) is 8.82. The van der Waals surface area contributed by atoms with E-state index >= 15 is 0 Å². The Balaban J connectivity index is 1.80. The number of urea groups is 1. The molecule has 5 N–H and O–H groups in total. The minimum Gasteiger partial charge on any atom is -0.508 e. The Morgan fingerprint density at radius 1 is 1.19 bits per heavy atom. The van der Waals surface area contributed by atoms with E-state index in [0.29, 0.717) is 11.4 Å². The van der Waals surface area contributed by atoms with Crippen molar-refractivity contribution in [3.8, 4) is 5.75 Å². The minimum absolute atomic E-state index is 0.163. The molecule has 0 radical (unpaired) electrons. The molecule has 5 nitrogen and oxygen atoms in total. The number of rotatable bonds is 3. The van der Waals surface area contributed by atoms with E-state index in [2.05, 4.69) is 10.6 Å². The third kappa shape index (κ3) is 2.76. The largest absolute Gasteiger partial charge is 0.508 e. The van der Waals surface area contributed by atoms with Gasteiger partial charge in [-0.3, -0.25) is 0 Å². The van der Waals surface area contributed by atoms with E-state index in [9.17, 15) is 9.90 Å². The van der Waals surface area contributed by atoms with Gasteiger partial charge in [0.05, 0.1) is 6.04 Å². The van der Waals surface area contributed by atoms with Crippen LogP contribution in [0.15, 0.2) is 42.5 Å². The predicted octanol–water partition coefficient (Wildman–Crippen LogP) is 2.98. The standard InChI is InChI=1S/C16H17N3O2/c17-16(21)19-11-4-1-3-10(9-11)18-14-8-7-13-12(14)5-2-6-15(13)20/h1-6,9,14,18,20H,7-8H2,(H3,17,19,21). The lowest BCUT2D eigenvalue weighted by atomic mass is 10.1. The van der Waals surface area contributed by atoms with Crippen LogP contribution in [0.2, 0.25) is 0 Å². The highest BCUT2D eigenvalue weighted by Crippen LogP contribution is 2.38. The summed E-state index contributed by atoms with van der Waals surface area (Å²) < 4.78 is 0. The lowest BCUT2D eigenvalue weighted by molar-refractivity contribution is 0.259. The van der Waals surface area contributed by atoms with Gasteiger partial charge in [-0.2, -0.15) is 0 Å². The van der Waals surface area contributed by atoms with Crippen molar-refractivity contribution in [1.29, 1.82) is 0 Å². The number of phenolic OH excluding ortho intramolecular Hbond substituents is 1. The van der Waals surface area contributed by atoms with Gasteiger partial charge in [-0.1, -0.05) is 18.2 Å². The average Bonchev–Trinajstić information content (AvgIpc) is 2.83. The molecule has 1 aliphatic carbocycles. The summed E-state index contributed by atoms with van der Waals surface area (Å²) in [7, 11) is 0. The Hall–Kier alpha value is -2.69. The number of phenols is 1. The maximum Gasteiger partial charge on any atom is 0.316 e. The van der Waals surface area contributed by atoms with Crippen molar-refractivity contribution in [2.45, 2.75) is 18.9 Å². The Morgan fingerprint density at radius 3 is 2.76 bits per heavy atom. The number of benzene rings is 2. The fraction of sp³-hybridized carbons (Fsp3) is 0.188. The number of anilines is 2. The van der Waals surface area contributed by atoms with Gasteiger partial charge in [0.25, 0.3) is 0 Å². The van der Waals surface area contributed by atoms with Gasteiger partial charge in [-0.05, 0) is 48.2 Å². The van der Waals surface area contributed by atoms with Crippen molar-refractivity contribution in [1.82, 2.24) is 0 Å². The molecule has 21 heavy (non-hydrogen) atoms. The summed E-state index contributed by atoms with van der Waals surface area (Å²) in [5, 5.41) is 15.9. The molecule has 0 saturated heterocycles. The molecule has 2 amide bonds. The smallest absolute Gasteiger partial charge is 0.316 e. The second-order valence-corrected chi connectivity index (χ2v) is 5.15. The zero-order chi connectivity index (χ0) is 14.8. The molecule has 2 aromatic rings. The van der Waals surface area contributed by atoms with Gasteiger partial charge in [0, 0.05) is 11.4 Å². The van der Waals surface area contributed by atoms with E-state index in [1.165, 1.54) is 0 Å². The van der Waals surface area contributed by atoms with Crippen molar-refractivity contribution in [3.05, 3.63) is 53.6 Å². The van der Waals surface area contributed by atoms with Crippen LogP contribution in [0.4, 0.5) is 16.2 Å². The van der Waals surface area contributed by atoms with Crippen LogP contribution in [-0.4, -0.2) is 11.1 Å². The van der Waals surface area contributed by atoms with Crippen LogP contribution in [0.1, 0.15) is 23.6 Å². The number of primary amides is 1. The van der Waals surface area contributed by atoms with E-state index in [1.807, 2.05) is 30.3 Å². The average molecular weight is 283 g/mol. The number of hydrogen-bond donors (Lipinski definition) is 4. The molecule has 1 unspecified atom stereocenters. The van der Waals surface area contributed by atoms with E-state index in [-0.39, 0.29) is 6.04 Å². The van der Waals surface area contributed by atoms with Gasteiger partial charge in [0.1, 0.15) is 5.75 Å². The van der Waals surface area contributed by atoms with Gasteiger partial charge in [0.15, 0.2) is 0 Å². The molecule has 0 fully saturated rings. The van der Waals surface area contributed by atoms with Crippen LogP contribution in [0.25, 0.3) is 0 Å². The zero-order valence-corrected chi connectivity index (χ0v) is 11.5. The molecular formula is C16H17N3O2. The van der Waals surface area contributed by atoms with Gasteiger partial charge >= 0.3 is 6.03 Å². The number of carbonyl (C=O) groups excluding carboxylic acids is 1. The number of carbonyl (C=O) groups is 1. The lowest BCUT2D eigenvalue weighted by Crippen LogP contribution is -2.19. The Labute approximate surface area is 122 Å². The van der Waals surface area contributed by atoms with Crippen molar-refractivity contribution in [3.63, 3.8) is 0 Å². The molecule has 0 saturated carbocycles. The monoisotopic (exact) mass is 283 g/mol. The minimum atomic E-state index is -0.580. The first-order chi connectivity index (χ1) is 10.1. The molecule has 2 aromatic carbocycles. The Kier molecular flexibility index (Phi) is 3.39. The van der Waals surface area contributed by atoms with E-state index in [0.717, 1.165) is 29.7 Å². The second-order valence-electron chi connectivity index (χ2n) is 5.15. The molecule has 1 atom stereocenters. The third-order valence-corrected chi connectivity index (χ3v) is 3.72. The number of nitrogens with two attached hydrogens (primary N) is 1. The highest BCUT2D eigenvalue weighted by Gasteiger charge is 2.24. The molecule has 1 aliphatic rings. The maximum absolute atomic E-state index is 10.9. The van der Waals surface area contributed by atoms with E-state index in [4.69, 9.17) is 5.73 Å². The summed E-state index contributed by atoms with van der Waals surface area (Å²) in [4.78, 5) is 10.9. The summed E-state index contributed by atoms with van der Waals surface area (Å²) in [6, 6.07) is 12.6. The van der Waals surface area contributed by atoms with Crippen LogP contribution in [-0.2, 0) is 6.42 Å². The first-order valence-corrected chi connectivity index (χ1v) is 6.87. The molecule has 3 rings (SSSR count). The fourth-order valence-corrected chi connectivity index (χ4v) is 2.82. The molecule has 108 valence electrons. The molecular weight excluding hydrogens is 266 g/mol. The van der Waals surface area contributed by atoms with E-state index < -0.39 is 6.03 Å². The molecule has 0 heterocycles. The van der Waals surface area contributed by atoms with Crippen molar-refractivity contribution >= 4 is 17.4 Å². The van der Waals surface area contributed by atoms with Crippen molar-refractivity contribution in [2.75, 3.05) is 10.6 Å². The predicted molar refractivity (Wildman–Crippen MR) is 82.4 cm³/mol. The van der Waals surface area contributed by atoms with Gasteiger partial charge in [-0.25, -0.2) is 4.79 Å². The van der Waals surface area contributed by atoms with Gasteiger partial charge in [-0.15, -0.1) is 0 Å². The topological polar surface area (TPSA) is 87.4 Å². The molecule has 0 aliphatic heterocycles. The number of aromatic hydroxyl groups is 1. The SMILES string of the molecule is NC(=O)Nc1cccc(NC2CCc3c(O)cccc32)c1. The van der Waals surface area contributed by atoms with Crippen molar-refractivity contribution < 1.29 is 9.90 Å². The zero-order valence-electron chi connectivity index (χ0n) is 11.5. The number of amides is 2. The Morgan fingerprint density at radius 2 is 1.95 bits per heavy atom. The van der Waals surface area contributed by atoms with Crippen LogP contribution in [0, 0.1) is 0 Å². The maximum atomic E-state index is 10.9. The summed E-state index contributed by atoms with van der Waals surface area (Å²) >= 11 is 0. The van der Waals surface area contributed by atoms with Crippen molar-refractivity contribution in [2.24, 2.45) is 5.73 Å². The second kappa shape index (κ2) is 5.36. The quantitative estimate of drug-likeness (QED) is 0.698. The number of nitrogens with one attached hydrogen (secondary N) is 2. The van der Waals surface area contributed by atoms with Crippen LogP contribution >= 0.6 is 0 Å². The van der Waals surface area contributed by atoms with E-state index in [1.54, 1.807) is 12.1 Å². The fourth-order valence-electron chi connectivity index (χ4n) is 2.82. The highest BCUT2D eigenvalue weighted by molar-refractivity contribution is 5.88. The number of fused-ring (bicyclic) bond motifs is 1. The first kappa shape index (κ1) is 13.3. The van der Waals surface area contributed by atoms with Gasteiger partial charge in [0.2, 0.25) is 0 Å². The van der Waals surface area contributed by atoms with Gasteiger partial charge < -0.3 is 21.5 Å². The summed E-state index contributed by atoms with van der Waals surface area (Å²) in [6.45, 7) is 0. The molecule has 0 aromatic heterocycles. The van der Waals surface area contributed by atoms with Crippen LogP contribution in [0.5, 0.6) is 5.75 Å². The van der Waals surface area contributed by atoms with Crippen LogP contribution < -0.4 is 16.4 Å². The first-order valence-electron chi connectivity index (χ1n) is 6.87. The van der Waals surface area contributed by atoms with Crippen LogP contribution in [0.3, 0.4) is 0 Å². The molecule has 0 bridgehead atoms. The Bertz CT molecular complexity index is 685. The normalized spacial score (nSPS) is 16.3. The molecule has 5 heteroatoms. The number of hydrogen-bond acceptors (Lipinski definition) is 3. The molecule has 0 spiro atoms. The summed E-state index contributed by atoms with van der Waals surface area (Å²) in [6.07, 6.45) is 1.79. The third-order valence-electron chi connectivity index (χ3n) is 3.72. The highest BCUT2D eigenvalue weighted by atomic mass is 16.3. The summed E-state index contributed by atoms with van der Waals surface area (Å²) in [5.74, 6) is 0.362. The lowest BCUT2D eigenvalue weighted by Gasteiger charge is -2.16.